The van der Waals surface area contributed by atoms with E-state index in [-0.39, 0.29) is 17.6 Å². The van der Waals surface area contributed by atoms with Crippen molar-refractivity contribution in [2.45, 2.75) is 20.1 Å². The van der Waals surface area contributed by atoms with E-state index in [0.29, 0.717) is 24.4 Å². The molecule has 0 aliphatic carbocycles. The molecule has 0 aliphatic heterocycles. The molecule has 0 saturated heterocycles. The maximum atomic E-state index is 12.7. The quantitative estimate of drug-likeness (QED) is 0.387. The Balaban J connectivity index is 1.36. The van der Waals surface area contributed by atoms with E-state index in [2.05, 4.69) is 10.6 Å². The van der Waals surface area contributed by atoms with Crippen LogP contribution < -0.4 is 15.4 Å². The summed E-state index contributed by atoms with van der Waals surface area (Å²) < 4.78 is 10.9. The second-order valence-corrected chi connectivity index (χ2v) is 7.57. The van der Waals surface area contributed by atoms with E-state index in [9.17, 15) is 9.59 Å². The monoisotopic (exact) mass is 440 g/mol. The molecule has 2 amide bonds. The predicted octanol–water partition coefficient (Wildman–Crippen LogP) is 5.35. The molecule has 4 aromatic rings. The number of para-hydroxylation sites is 1. The standard InChI is InChI=1S/C27H24N2O4/c1-19-12-13-22(16-24(19)29-27(31)25-11-6-14-32-25)26(30)28-17-20-7-5-8-21(15-20)18-33-23-9-3-2-4-10-23/h2-16H,17-18H2,1H3,(H,28,30)(H,29,31). The molecule has 166 valence electrons. The molecule has 1 heterocycles. The highest BCUT2D eigenvalue weighted by atomic mass is 16.5. The summed E-state index contributed by atoms with van der Waals surface area (Å²) >= 11 is 0. The van der Waals surface area contributed by atoms with Crippen LogP contribution in [0.2, 0.25) is 0 Å². The van der Waals surface area contributed by atoms with E-state index in [1.54, 1.807) is 30.3 Å². The van der Waals surface area contributed by atoms with E-state index in [1.165, 1.54) is 6.26 Å². The van der Waals surface area contributed by atoms with Crippen molar-refractivity contribution in [1.29, 1.82) is 0 Å². The third-order valence-corrected chi connectivity index (χ3v) is 5.09. The average Bonchev–Trinajstić information content (AvgIpc) is 3.39. The number of anilines is 1. The van der Waals surface area contributed by atoms with E-state index >= 15 is 0 Å². The lowest BCUT2D eigenvalue weighted by Crippen LogP contribution is -2.23. The van der Waals surface area contributed by atoms with Gasteiger partial charge in [0.25, 0.3) is 11.8 Å². The second kappa shape index (κ2) is 10.3. The molecule has 0 aliphatic rings. The number of amides is 2. The Bertz CT molecular complexity index is 1230. The first kappa shape index (κ1) is 21.9. The largest absolute Gasteiger partial charge is 0.489 e. The number of carbonyl (C=O) groups excluding carboxylic acids is 2. The van der Waals surface area contributed by atoms with Crippen LogP contribution in [-0.2, 0) is 13.2 Å². The first-order valence-electron chi connectivity index (χ1n) is 10.6. The molecular weight excluding hydrogens is 416 g/mol. The summed E-state index contributed by atoms with van der Waals surface area (Å²) in [6.07, 6.45) is 1.44. The maximum Gasteiger partial charge on any atom is 0.291 e. The number of hydrogen-bond acceptors (Lipinski definition) is 4. The maximum absolute atomic E-state index is 12.7. The van der Waals surface area contributed by atoms with Gasteiger partial charge in [0.15, 0.2) is 5.76 Å². The van der Waals surface area contributed by atoms with Crippen LogP contribution in [0.15, 0.2) is 95.6 Å². The molecule has 6 nitrogen and oxygen atoms in total. The fourth-order valence-electron chi connectivity index (χ4n) is 3.29. The summed E-state index contributed by atoms with van der Waals surface area (Å²) in [5.41, 5.74) is 3.85. The number of rotatable bonds is 8. The van der Waals surface area contributed by atoms with Gasteiger partial charge in [-0.1, -0.05) is 48.5 Å². The number of ether oxygens (including phenoxy) is 1. The molecule has 0 fully saturated rings. The first-order chi connectivity index (χ1) is 16.1. The fourth-order valence-corrected chi connectivity index (χ4v) is 3.29. The topological polar surface area (TPSA) is 80.6 Å². The third-order valence-electron chi connectivity index (χ3n) is 5.09. The predicted molar refractivity (Wildman–Crippen MR) is 126 cm³/mol. The molecular formula is C27H24N2O4. The van der Waals surface area contributed by atoms with E-state index < -0.39 is 0 Å². The summed E-state index contributed by atoms with van der Waals surface area (Å²) in [4.78, 5) is 25.0. The van der Waals surface area contributed by atoms with Crippen LogP contribution in [0.3, 0.4) is 0 Å². The Morgan fingerprint density at radius 2 is 1.67 bits per heavy atom. The van der Waals surface area contributed by atoms with Crippen molar-refractivity contribution in [3.63, 3.8) is 0 Å². The Hall–Kier alpha value is -4.32. The van der Waals surface area contributed by atoms with E-state index in [0.717, 1.165) is 22.4 Å². The van der Waals surface area contributed by atoms with Gasteiger partial charge in [-0.15, -0.1) is 0 Å². The van der Waals surface area contributed by atoms with Gasteiger partial charge in [0.2, 0.25) is 0 Å². The minimum atomic E-state index is -0.366. The highest BCUT2D eigenvalue weighted by Gasteiger charge is 2.13. The normalized spacial score (nSPS) is 10.5. The second-order valence-electron chi connectivity index (χ2n) is 7.57. The zero-order valence-electron chi connectivity index (χ0n) is 18.2. The summed E-state index contributed by atoms with van der Waals surface area (Å²) in [6, 6.07) is 26.0. The van der Waals surface area contributed by atoms with Crippen molar-refractivity contribution in [3.8, 4) is 5.75 Å². The Labute approximate surface area is 192 Å². The molecule has 1 aromatic heterocycles. The summed E-state index contributed by atoms with van der Waals surface area (Å²) in [5, 5.41) is 5.72. The van der Waals surface area contributed by atoms with Gasteiger partial charge in [-0.2, -0.15) is 0 Å². The molecule has 0 spiro atoms. The minimum absolute atomic E-state index is 0.209. The zero-order chi connectivity index (χ0) is 23.0. The molecule has 0 radical (unpaired) electrons. The zero-order valence-corrected chi connectivity index (χ0v) is 18.2. The molecule has 0 atom stereocenters. The molecule has 0 saturated carbocycles. The van der Waals surface area contributed by atoms with Crippen LogP contribution in [0.1, 0.15) is 37.6 Å². The molecule has 6 heteroatoms. The number of furan rings is 1. The van der Waals surface area contributed by atoms with Gasteiger partial charge in [-0.3, -0.25) is 9.59 Å². The number of nitrogens with one attached hydrogen (secondary N) is 2. The molecule has 33 heavy (non-hydrogen) atoms. The molecule has 0 bridgehead atoms. The lowest BCUT2D eigenvalue weighted by Gasteiger charge is -2.11. The minimum Gasteiger partial charge on any atom is -0.489 e. The number of benzene rings is 3. The van der Waals surface area contributed by atoms with Crippen LogP contribution in [0, 0.1) is 6.92 Å². The number of carbonyl (C=O) groups is 2. The highest BCUT2D eigenvalue weighted by molar-refractivity contribution is 6.03. The Morgan fingerprint density at radius 1 is 0.848 bits per heavy atom. The lowest BCUT2D eigenvalue weighted by molar-refractivity contribution is 0.0949. The van der Waals surface area contributed by atoms with Gasteiger partial charge >= 0.3 is 0 Å². The van der Waals surface area contributed by atoms with Crippen LogP contribution >= 0.6 is 0 Å². The van der Waals surface area contributed by atoms with Crippen molar-refractivity contribution < 1.29 is 18.7 Å². The summed E-state index contributed by atoms with van der Waals surface area (Å²) in [5.74, 6) is 0.426. The van der Waals surface area contributed by atoms with E-state index in [1.807, 2.05) is 61.5 Å². The van der Waals surface area contributed by atoms with Crippen LogP contribution in [0.4, 0.5) is 5.69 Å². The van der Waals surface area contributed by atoms with Gasteiger partial charge in [-0.25, -0.2) is 0 Å². The van der Waals surface area contributed by atoms with Crippen molar-refractivity contribution >= 4 is 17.5 Å². The van der Waals surface area contributed by atoms with Crippen molar-refractivity contribution in [2.75, 3.05) is 5.32 Å². The lowest BCUT2D eigenvalue weighted by atomic mass is 10.1. The smallest absolute Gasteiger partial charge is 0.291 e. The van der Waals surface area contributed by atoms with Crippen molar-refractivity contribution in [2.24, 2.45) is 0 Å². The van der Waals surface area contributed by atoms with Gasteiger partial charge in [-0.05, 0) is 60.0 Å². The molecule has 3 aromatic carbocycles. The van der Waals surface area contributed by atoms with Crippen LogP contribution in [-0.4, -0.2) is 11.8 Å². The SMILES string of the molecule is Cc1ccc(C(=O)NCc2cccc(COc3ccccc3)c2)cc1NC(=O)c1ccco1. The number of aryl methyl sites for hydroxylation is 1. The van der Waals surface area contributed by atoms with Gasteiger partial charge in [0.1, 0.15) is 12.4 Å². The Kier molecular flexibility index (Phi) is 6.85. The molecule has 2 N–H and O–H groups in total. The third kappa shape index (κ3) is 5.89. The number of hydrogen-bond donors (Lipinski definition) is 2. The first-order valence-corrected chi connectivity index (χ1v) is 10.6. The van der Waals surface area contributed by atoms with Crippen LogP contribution in [0.5, 0.6) is 5.75 Å². The van der Waals surface area contributed by atoms with Crippen molar-refractivity contribution in [3.05, 3.63) is 119 Å². The molecule has 0 unspecified atom stereocenters. The average molecular weight is 440 g/mol. The van der Waals surface area contributed by atoms with Crippen molar-refractivity contribution in [1.82, 2.24) is 5.32 Å². The Morgan fingerprint density at radius 3 is 2.45 bits per heavy atom. The van der Waals surface area contributed by atoms with Gasteiger partial charge < -0.3 is 19.8 Å². The van der Waals surface area contributed by atoms with Crippen LogP contribution in [0.25, 0.3) is 0 Å². The summed E-state index contributed by atoms with van der Waals surface area (Å²) in [7, 11) is 0. The molecule has 4 rings (SSSR count). The summed E-state index contributed by atoms with van der Waals surface area (Å²) in [6.45, 7) is 2.69. The fraction of sp³-hybridized carbons (Fsp3) is 0.111. The van der Waals surface area contributed by atoms with E-state index in [4.69, 9.17) is 9.15 Å². The van der Waals surface area contributed by atoms with Gasteiger partial charge in [0.05, 0.1) is 6.26 Å². The van der Waals surface area contributed by atoms with Gasteiger partial charge in [0, 0.05) is 17.8 Å². The highest BCUT2D eigenvalue weighted by Crippen LogP contribution is 2.19.